The van der Waals surface area contributed by atoms with Gasteiger partial charge < -0.3 is 16.0 Å². The minimum absolute atomic E-state index is 0. The number of benzene rings is 1. The maximum atomic E-state index is 13.0. The van der Waals surface area contributed by atoms with Crippen molar-refractivity contribution in [1.29, 1.82) is 0 Å². The van der Waals surface area contributed by atoms with Gasteiger partial charge in [0.15, 0.2) is 0 Å². The number of carbonyl (C=O) groups is 2. The molecule has 0 aromatic heterocycles. The summed E-state index contributed by atoms with van der Waals surface area (Å²) in [6.45, 7) is -0.0901. The van der Waals surface area contributed by atoms with Gasteiger partial charge in [-0.15, -0.1) is 12.4 Å². The minimum Gasteiger partial charge on any atom is -0.347 e. The van der Waals surface area contributed by atoms with E-state index in [-0.39, 0.29) is 30.8 Å². The summed E-state index contributed by atoms with van der Waals surface area (Å²) in [6, 6.07) is 6.79. The lowest BCUT2D eigenvalue weighted by Gasteiger charge is -2.28. The highest BCUT2D eigenvalue weighted by atomic mass is 35.5. The maximum absolute atomic E-state index is 13.0. The van der Waals surface area contributed by atoms with Gasteiger partial charge in [-0.1, -0.05) is 6.07 Å². The van der Waals surface area contributed by atoms with Crippen LogP contribution in [-0.4, -0.2) is 30.4 Å². The lowest BCUT2D eigenvalue weighted by Crippen LogP contribution is -2.40. The Morgan fingerprint density at radius 3 is 2.54 bits per heavy atom. The topological polar surface area (TPSA) is 70.2 Å². The van der Waals surface area contributed by atoms with Crippen LogP contribution in [0.4, 0.5) is 10.1 Å². The zero-order valence-corrected chi connectivity index (χ0v) is 14.2. The standard InChI is InChI=1S/C17H22FN3O2.ClH/c18-12-2-1-3-13(9-12)21-17(23)10-19-16(22)8-11-6-14-4-5-15(7-11)20-14;/h1-3,9,11,14-15,20H,4-8,10H2,(H,19,22)(H,21,23);1H. The number of hydrogen-bond donors (Lipinski definition) is 3. The van der Waals surface area contributed by atoms with E-state index in [0.29, 0.717) is 30.1 Å². The zero-order chi connectivity index (χ0) is 16.2. The lowest BCUT2D eigenvalue weighted by atomic mass is 9.89. The third-order valence-corrected chi connectivity index (χ3v) is 4.60. The Balaban J connectivity index is 0.00000208. The van der Waals surface area contributed by atoms with Crippen LogP contribution < -0.4 is 16.0 Å². The summed E-state index contributed by atoms with van der Waals surface area (Å²) in [5.41, 5.74) is 0.388. The molecule has 0 radical (unpaired) electrons. The van der Waals surface area contributed by atoms with Crippen LogP contribution in [0.5, 0.6) is 0 Å². The SMILES string of the molecule is Cl.O=C(CC1CC2CCC(C1)N2)NCC(=O)Nc1cccc(F)c1. The molecule has 132 valence electrons. The Morgan fingerprint density at radius 2 is 1.88 bits per heavy atom. The third-order valence-electron chi connectivity index (χ3n) is 4.60. The highest BCUT2D eigenvalue weighted by Crippen LogP contribution is 2.32. The molecule has 1 aromatic carbocycles. The number of piperidine rings is 1. The number of amides is 2. The van der Waals surface area contributed by atoms with E-state index in [4.69, 9.17) is 0 Å². The number of fused-ring (bicyclic) bond motifs is 2. The summed E-state index contributed by atoms with van der Waals surface area (Å²) < 4.78 is 13.0. The van der Waals surface area contributed by atoms with Gasteiger partial charge in [0.05, 0.1) is 6.54 Å². The molecule has 2 aliphatic rings. The van der Waals surface area contributed by atoms with Crippen LogP contribution in [0.15, 0.2) is 24.3 Å². The molecule has 2 aliphatic heterocycles. The van der Waals surface area contributed by atoms with Crippen molar-refractivity contribution >= 4 is 29.9 Å². The Kier molecular flexibility index (Phi) is 6.57. The molecule has 7 heteroatoms. The molecule has 1 aromatic rings. The van der Waals surface area contributed by atoms with Crippen LogP contribution >= 0.6 is 12.4 Å². The Labute approximate surface area is 147 Å². The summed E-state index contributed by atoms with van der Waals surface area (Å²) in [7, 11) is 0. The van der Waals surface area contributed by atoms with Crippen molar-refractivity contribution in [3.05, 3.63) is 30.1 Å². The average Bonchev–Trinajstić information content (AvgIpc) is 2.84. The zero-order valence-electron chi connectivity index (χ0n) is 13.4. The Hall–Kier alpha value is -1.66. The molecule has 2 heterocycles. The monoisotopic (exact) mass is 355 g/mol. The fourth-order valence-electron chi connectivity index (χ4n) is 3.63. The maximum Gasteiger partial charge on any atom is 0.243 e. The smallest absolute Gasteiger partial charge is 0.243 e. The lowest BCUT2D eigenvalue weighted by molar-refractivity contribution is -0.125. The highest BCUT2D eigenvalue weighted by molar-refractivity contribution is 5.94. The Morgan fingerprint density at radius 1 is 1.17 bits per heavy atom. The van der Waals surface area contributed by atoms with Crippen molar-refractivity contribution in [1.82, 2.24) is 10.6 Å². The van der Waals surface area contributed by atoms with Crippen molar-refractivity contribution < 1.29 is 14.0 Å². The van der Waals surface area contributed by atoms with Crippen LogP contribution in [0.25, 0.3) is 0 Å². The molecule has 3 rings (SSSR count). The van der Waals surface area contributed by atoms with Crippen molar-refractivity contribution in [3.63, 3.8) is 0 Å². The minimum atomic E-state index is -0.410. The molecule has 3 N–H and O–H groups in total. The van der Waals surface area contributed by atoms with Gasteiger partial charge in [-0.05, 0) is 49.8 Å². The first-order chi connectivity index (χ1) is 11.1. The van der Waals surface area contributed by atoms with Crippen molar-refractivity contribution in [2.75, 3.05) is 11.9 Å². The van der Waals surface area contributed by atoms with E-state index in [1.165, 1.54) is 31.0 Å². The van der Waals surface area contributed by atoms with E-state index in [1.807, 2.05) is 0 Å². The van der Waals surface area contributed by atoms with Crippen molar-refractivity contribution in [2.24, 2.45) is 5.92 Å². The summed E-state index contributed by atoms with van der Waals surface area (Å²) in [6.07, 6.45) is 4.97. The molecular formula is C17H23ClFN3O2. The summed E-state index contributed by atoms with van der Waals surface area (Å²) in [5, 5.41) is 8.76. The number of hydrogen-bond acceptors (Lipinski definition) is 3. The van der Waals surface area contributed by atoms with Gasteiger partial charge in [-0.2, -0.15) is 0 Å². The summed E-state index contributed by atoms with van der Waals surface area (Å²) >= 11 is 0. The van der Waals surface area contributed by atoms with Gasteiger partial charge in [0, 0.05) is 24.2 Å². The number of carbonyl (C=O) groups excluding carboxylic acids is 2. The van der Waals surface area contributed by atoms with Gasteiger partial charge in [0.25, 0.3) is 0 Å². The molecule has 0 saturated carbocycles. The third kappa shape index (κ3) is 5.18. The van der Waals surface area contributed by atoms with Crippen LogP contribution in [0.1, 0.15) is 32.1 Å². The number of halogens is 2. The summed E-state index contributed by atoms with van der Waals surface area (Å²) in [4.78, 5) is 23.8. The Bertz CT molecular complexity index is 587. The number of nitrogens with one attached hydrogen (secondary N) is 3. The number of anilines is 1. The van der Waals surface area contributed by atoms with Crippen LogP contribution in [0.2, 0.25) is 0 Å². The number of rotatable bonds is 5. The highest BCUT2D eigenvalue weighted by Gasteiger charge is 2.34. The first-order valence-electron chi connectivity index (χ1n) is 8.16. The molecule has 2 bridgehead atoms. The molecule has 0 aliphatic carbocycles. The molecule has 2 unspecified atom stereocenters. The first-order valence-corrected chi connectivity index (χ1v) is 8.16. The van der Waals surface area contributed by atoms with E-state index in [1.54, 1.807) is 6.07 Å². The van der Waals surface area contributed by atoms with E-state index in [9.17, 15) is 14.0 Å². The molecule has 0 spiro atoms. The van der Waals surface area contributed by atoms with Crippen molar-refractivity contribution in [2.45, 2.75) is 44.2 Å². The molecular weight excluding hydrogens is 333 g/mol. The van der Waals surface area contributed by atoms with Gasteiger partial charge >= 0.3 is 0 Å². The van der Waals surface area contributed by atoms with E-state index >= 15 is 0 Å². The first kappa shape index (κ1) is 18.7. The fourth-order valence-corrected chi connectivity index (χ4v) is 3.63. The molecule has 24 heavy (non-hydrogen) atoms. The second-order valence-electron chi connectivity index (χ2n) is 6.51. The molecule has 5 nitrogen and oxygen atoms in total. The molecule has 2 amide bonds. The van der Waals surface area contributed by atoms with E-state index in [2.05, 4.69) is 16.0 Å². The van der Waals surface area contributed by atoms with Gasteiger partial charge in [-0.3, -0.25) is 9.59 Å². The van der Waals surface area contributed by atoms with Crippen molar-refractivity contribution in [3.8, 4) is 0 Å². The predicted octanol–water partition coefficient (Wildman–Crippen LogP) is 2.22. The van der Waals surface area contributed by atoms with Gasteiger partial charge in [0.2, 0.25) is 11.8 Å². The van der Waals surface area contributed by atoms with E-state index in [0.717, 1.165) is 12.8 Å². The molecule has 2 atom stereocenters. The van der Waals surface area contributed by atoms with Crippen LogP contribution in [0.3, 0.4) is 0 Å². The second-order valence-corrected chi connectivity index (χ2v) is 6.51. The predicted molar refractivity (Wildman–Crippen MR) is 92.6 cm³/mol. The van der Waals surface area contributed by atoms with Crippen LogP contribution in [-0.2, 0) is 9.59 Å². The molecule has 2 saturated heterocycles. The van der Waals surface area contributed by atoms with Crippen LogP contribution in [0, 0.1) is 11.7 Å². The van der Waals surface area contributed by atoms with E-state index < -0.39 is 5.82 Å². The fraction of sp³-hybridized carbons (Fsp3) is 0.529. The molecule has 2 fully saturated rings. The normalized spacial score (nSPS) is 24.8. The largest absolute Gasteiger partial charge is 0.347 e. The van der Waals surface area contributed by atoms with Gasteiger partial charge in [0.1, 0.15) is 5.82 Å². The second kappa shape index (κ2) is 8.44. The summed E-state index contributed by atoms with van der Waals surface area (Å²) in [5.74, 6) is -0.451. The average molecular weight is 356 g/mol. The van der Waals surface area contributed by atoms with Gasteiger partial charge in [-0.25, -0.2) is 4.39 Å². The quantitative estimate of drug-likeness (QED) is 0.758.